The summed E-state index contributed by atoms with van der Waals surface area (Å²) >= 11 is 7.20. The number of carbonyl (C=O) groups is 2. The van der Waals surface area contributed by atoms with Gasteiger partial charge in [-0.15, -0.1) is 0 Å². The highest BCUT2D eigenvalue weighted by molar-refractivity contribution is 8.15. The van der Waals surface area contributed by atoms with Crippen LogP contribution in [0.4, 0.5) is 4.79 Å². The summed E-state index contributed by atoms with van der Waals surface area (Å²) in [6.45, 7) is 0.235. The number of hydrogen-bond donors (Lipinski definition) is 2. The fourth-order valence-electron chi connectivity index (χ4n) is 2.71. The third-order valence-electron chi connectivity index (χ3n) is 4.13. The molecule has 1 heterocycles. The first-order valence-electron chi connectivity index (χ1n) is 8.15. The largest absolute Gasteiger partial charge is 0.493 e. The van der Waals surface area contributed by atoms with Gasteiger partial charge in [0.2, 0.25) is 5.91 Å². The van der Waals surface area contributed by atoms with E-state index in [4.69, 9.17) is 16.3 Å². The van der Waals surface area contributed by atoms with Crippen LogP contribution in [0.5, 0.6) is 5.75 Å². The van der Waals surface area contributed by atoms with Gasteiger partial charge in [-0.2, -0.15) is 0 Å². The molecule has 1 saturated heterocycles. The van der Waals surface area contributed by atoms with Crippen LogP contribution in [-0.2, 0) is 11.2 Å². The fraction of sp³-hybridized carbons (Fsp3) is 0.263. The third-order valence-corrected chi connectivity index (χ3v) is 5.45. The van der Waals surface area contributed by atoms with Crippen molar-refractivity contribution in [3.63, 3.8) is 0 Å². The predicted molar refractivity (Wildman–Crippen MR) is 102 cm³/mol. The molecule has 0 spiro atoms. The van der Waals surface area contributed by atoms with Crippen molar-refractivity contribution in [1.29, 1.82) is 0 Å². The molecule has 1 aliphatic rings. The first-order chi connectivity index (χ1) is 12.6. The number of carbonyl (C=O) groups excluding carboxylic acids is 2. The average Bonchev–Trinajstić information content (AvgIpc) is 2.95. The molecule has 0 bridgehead atoms. The Morgan fingerprint density at radius 3 is 2.50 bits per heavy atom. The van der Waals surface area contributed by atoms with Crippen molar-refractivity contribution in [2.75, 3.05) is 13.2 Å². The Balaban J connectivity index is 1.58. The maximum Gasteiger partial charge on any atom is 0.286 e. The second-order valence-electron chi connectivity index (χ2n) is 5.94. The molecule has 0 radical (unpaired) electrons. The van der Waals surface area contributed by atoms with Crippen LogP contribution in [0, 0.1) is 0 Å². The molecule has 2 amide bonds. The van der Waals surface area contributed by atoms with Crippen LogP contribution in [0.2, 0.25) is 5.02 Å². The van der Waals surface area contributed by atoms with Crippen LogP contribution in [0.25, 0.3) is 0 Å². The maximum atomic E-state index is 11.6. The standard InChI is InChI=1S/C19H18ClNO4S/c20-16-4-2-1-3-15(16)13(10-22)11-25-14-7-5-12(6-8-14)9-17-18(23)21-19(24)26-17/h1-8,13,17,22H,9-11H2,(H,21,23,24). The highest BCUT2D eigenvalue weighted by atomic mass is 35.5. The second-order valence-corrected chi connectivity index (χ2v) is 7.53. The van der Waals surface area contributed by atoms with E-state index in [1.54, 1.807) is 6.07 Å². The van der Waals surface area contributed by atoms with Crippen LogP contribution in [-0.4, -0.2) is 34.7 Å². The Kier molecular flexibility index (Phi) is 6.19. The average molecular weight is 392 g/mol. The number of ether oxygens (including phenoxy) is 1. The molecular formula is C19H18ClNO4S. The Hall–Kier alpha value is -2.02. The Labute approximate surface area is 160 Å². The molecule has 2 N–H and O–H groups in total. The van der Waals surface area contributed by atoms with E-state index >= 15 is 0 Å². The van der Waals surface area contributed by atoms with Crippen LogP contribution in [0.15, 0.2) is 48.5 Å². The number of thioether (sulfide) groups is 1. The summed E-state index contributed by atoms with van der Waals surface area (Å²) in [5.74, 6) is 0.206. The molecule has 0 aromatic heterocycles. The minimum absolute atomic E-state index is 0.0656. The van der Waals surface area contributed by atoms with E-state index in [1.165, 1.54) is 0 Å². The summed E-state index contributed by atoms with van der Waals surface area (Å²) in [7, 11) is 0. The van der Waals surface area contributed by atoms with E-state index in [-0.39, 0.29) is 28.9 Å². The maximum absolute atomic E-state index is 11.6. The topological polar surface area (TPSA) is 75.6 Å². The molecular weight excluding hydrogens is 374 g/mol. The summed E-state index contributed by atoms with van der Waals surface area (Å²) in [5.41, 5.74) is 1.80. The molecule has 5 nitrogen and oxygen atoms in total. The van der Waals surface area contributed by atoms with Gasteiger partial charge in [0.05, 0.1) is 18.5 Å². The van der Waals surface area contributed by atoms with Crippen molar-refractivity contribution in [2.24, 2.45) is 0 Å². The van der Waals surface area contributed by atoms with E-state index in [1.807, 2.05) is 42.5 Å². The van der Waals surface area contributed by atoms with E-state index < -0.39 is 0 Å². The van der Waals surface area contributed by atoms with E-state index in [0.717, 1.165) is 22.9 Å². The van der Waals surface area contributed by atoms with Gasteiger partial charge in [0.25, 0.3) is 5.24 Å². The van der Waals surface area contributed by atoms with Gasteiger partial charge in [0.1, 0.15) is 5.75 Å². The van der Waals surface area contributed by atoms with Crippen LogP contribution < -0.4 is 10.1 Å². The summed E-state index contributed by atoms with van der Waals surface area (Å²) in [5, 5.41) is 11.8. The van der Waals surface area contributed by atoms with Gasteiger partial charge in [-0.3, -0.25) is 14.9 Å². The molecule has 0 aliphatic carbocycles. The number of aliphatic hydroxyl groups is 1. The lowest BCUT2D eigenvalue weighted by Gasteiger charge is -2.17. The van der Waals surface area contributed by atoms with Crippen molar-refractivity contribution < 1.29 is 19.4 Å². The summed E-state index contributed by atoms with van der Waals surface area (Å²) < 4.78 is 5.77. The lowest BCUT2D eigenvalue weighted by Crippen LogP contribution is -2.25. The Morgan fingerprint density at radius 2 is 1.88 bits per heavy atom. The van der Waals surface area contributed by atoms with Gasteiger partial charge in [0.15, 0.2) is 0 Å². The molecule has 26 heavy (non-hydrogen) atoms. The molecule has 3 rings (SSSR count). The van der Waals surface area contributed by atoms with Gasteiger partial charge in [-0.05, 0) is 35.7 Å². The van der Waals surface area contributed by atoms with E-state index in [2.05, 4.69) is 5.32 Å². The zero-order chi connectivity index (χ0) is 18.5. The van der Waals surface area contributed by atoms with Crippen molar-refractivity contribution in [2.45, 2.75) is 17.6 Å². The number of imide groups is 1. The monoisotopic (exact) mass is 391 g/mol. The second kappa shape index (κ2) is 8.58. The van der Waals surface area contributed by atoms with Gasteiger partial charge in [-0.25, -0.2) is 0 Å². The molecule has 2 aromatic rings. The molecule has 0 saturated carbocycles. The van der Waals surface area contributed by atoms with Crippen LogP contribution >= 0.6 is 23.4 Å². The number of amides is 2. The first kappa shape index (κ1) is 18.8. The minimum Gasteiger partial charge on any atom is -0.493 e. The molecule has 136 valence electrons. The molecule has 1 fully saturated rings. The summed E-state index contributed by atoms with van der Waals surface area (Å²) in [4.78, 5) is 22.8. The molecule has 2 atom stereocenters. The zero-order valence-electron chi connectivity index (χ0n) is 13.9. The van der Waals surface area contributed by atoms with E-state index in [0.29, 0.717) is 23.8 Å². The van der Waals surface area contributed by atoms with Crippen LogP contribution in [0.1, 0.15) is 17.0 Å². The highest BCUT2D eigenvalue weighted by Gasteiger charge is 2.31. The summed E-state index contributed by atoms with van der Waals surface area (Å²) in [6, 6.07) is 14.8. The van der Waals surface area contributed by atoms with Gasteiger partial charge < -0.3 is 9.84 Å². The van der Waals surface area contributed by atoms with Gasteiger partial charge in [0, 0.05) is 10.9 Å². The molecule has 7 heteroatoms. The quantitative estimate of drug-likeness (QED) is 0.756. The summed E-state index contributed by atoms with van der Waals surface area (Å²) in [6.07, 6.45) is 0.488. The Morgan fingerprint density at radius 1 is 1.15 bits per heavy atom. The third kappa shape index (κ3) is 4.58. The lowest BCUT2D eigenvalue weighted by molar-refractivity contribution is -0.118. The SMILES string of the molecule is O=C1NC(=O)C(Cc2ccc(OCC(CO)c3ccccc3Cl)cc2)S1. The smallest absolute Gasteiger partial charge is 0.286 e. The van der Waals surface area contributed by atoms with Crippen molar-refractivity contribution in [1.82, 2.24) is 5.32 Å². The number of hydrogen-bond acceptors (Lipinski definition) is 5. The number of nitrogens with one attached hydrogen (secondary N) is 1. The van der Waals surface area contributed by atoms with E-state index in [9.17, 15) is 14.7 Å². The van der Waals surface area contributed by atoms with Gasteiger partial charge in [-0.1, -0.05) is 53.7 Å². The highest BCUT2D eigenvalue weighted by Crippen LogP contribution is 2.26. The van der Waals surface area contributed by atoms with Crippen molar-refractivity contribution >= 4 is 34.5 Å². The molecule has 2 unspecified atom stereocenters. The number of benzene rings is 2. The lowest BCUT2D eigenvalue weighted by atomic mass is 10.0. The Bertz CT molecular complexity index is 796. The predicted octanol–water partition coefficient (Wildman–Crippen LogP) is 3.39. The van der Waals surface area contributed by atoms with Crippen molar-refractivity contribution in [3.05, 3.63) is 64.7 Å². The van der Waals surface area contributed by atoms with Gasteiger partial charge >= 0.3 is 0 Å². The zero-order valence-corrected chi connectivity index (χ0v) is 15.4. The molecule has 2 aromatic carbocycles. The fourth-order valence-corrected chi connectivity index (χ4v) is 3.86. The first-order valence-corrected chi connectivity index (χ1v) is 9.41. The minimum atomic E-state index is -0.381. The number of halogens is 1. The molecule has 1 aliphatic heterocycles. The van der Waals surface area contributed by atoms with Crippen LogP contribution in [0.3, 0.4) is 0 Å². The number of rotatable bonds is 7. The normalized spacial score (nSPS) is 17.8. The number of aliphatic hydroxyl groups excluding tert-OH is 1. The van der Waals surface area contributed by atoms with Crippen molar-refractivity contribution in [3.8, 4) is 5.75 Å².